The van der Waals surface area contributed by atoms with E-state index in [0.29, 0.717) is 6.61 Å². The summed E-state index contributed by atoms with van der Waals surface area (Å²) >= 11 is 0. The van der Waals surface area contributed by atoms with Crippen LogP contribution in [0.4, 0.5) is 0 Å². The third-order valence-electron chi connectivity index (χ3n) is 3.15. The maximum Gasteiger partial charge on any atom is 0.157 e. The maximum atomic E-state index is 5.42. The van der Waals surface area contributed by atoms with Gasteiger partial charge >= 0.3 is 0 Å². The molecular weight excluding hydrogens is 224 g/mol. The average molecular weight is 257 g/mol. The molecule has 0 aliphatic carbocycles. The molecule has 1 atom stereocenters. The lowest BCUT2D eigenvalue weighted by Crippen LogP contribution is -2.13. The van der Waals surface area contributed by atoms with E-state index >= 15 is 0 Å². The van der Waals surface area contributed by atoms with Crippen molar-refractivity contribution in [2.45, 2.75) is 84.3 Å². The van der Waals surface area contributed by atoms with Crippen molar-refractivity contribution < 1.29 is 9.47 Å². The zero-order chi connectivity index (χ0) is 13.5. The Hall–Kier alpha value is -0.0800. The Bertz CT molecular complexity index is 148. The number of rotatable bonds is 14. The lowest BCUT2D eigenvalue weighted by molar-refractivity contribution is -0.110. The van der Waals surface area contributed by atoms with Gasteiger partial charge in [0, 0.05) is 20.1 Å². The molecule has 1 radical (unpaired) electrons. The number of hydrogen-bond donors (Lipinski definition) is 0. The van der Waals surface area contributed by atoms with Crippen LogP contribution in [0.15, 0.2) is 0 Å². The smallest absolute Gasteiger partial charge is 0.157 e. The lowest BCUT2D eigenvalue weighted by atomic mass is 10.1. The summed E-state index contributed by atoms with van der Waals surface area (Å²) in [5.74, 6) is 0. The molecule has 1 unspecified atom stereocenters. The third kappa shape index (κ3) is 14.0. The van der Waals surface area contributed by atoms with Crippen molar-refractivity contribution in [3.05, 3.63) is 6.92 Å². The van der Waals surface area contributed by atoms with Crippen molar-refractivity contribution in [2.75, 3.05) is 13.2 Å². The molecular formula is C16H33O2. The average Bonchev–Trinajstić information content (AvgIpc) is 2.36. The van der Waals surface area contributed by atoms with Crippen molar-refractivity contribution in [1.82, 2.24) is 0 Å². The first-order valence-electron chi connectivity index (χ1n) is 7.87. The summed E-state index contributed by atoms with van der Waals surface area (Å²) in [5.41, 5.74) is 0. The molecule has 2 nitrogen and oxygen atoms in total. The van der Waals surface area contributed by atoms with Crippen molar-refractivity contribution in [1.29, 1.82) is 0 Å². The molecule has 0 fully saturated rings. The molecule has 0 amide bonds. The van der Waals surface area contributed by atoms with E-state index in [2.05, 4.69) is 13.8 Å². The van der Waals surface area contributed by atoms with Gasteiger partial charge in [0.2, 0.25) is 0 Å². The van der Waals surface area contributed by atoms with Gasteiger partial charge in [-0.15, -0.1) is 0 Å². The molecule has 0 aliphatic heterocycles. The van der Waals surface area contributed by atoms with Crippen molar-refractivity contribution >= 4 is 0 Å². The van der Waals surface area contributed by atoms with Crippen LogP contribution in [0.1, 0.15) is 78.1 Å². The Morgan fingerprint density at radius 3 is 1.72 bits per heavy atom. The fraction of sp³-hybridized carbons (Fsp3) is 0.938. The van der Waals surface area contributed by atoms with Gasteiger partial charge in [0.05, 0.1) is 0 Å². The van der Waals surface area contributed by atoms with Gasteiger partial charge < -0.3 is 9.47 Å². The SMILES string of the molecule is [CH2]C(OCC)OCCCCCCCCCCCC. The summed E-state index contributed by atoms with van der Waals surface area (Å²) in [6, 6.07) is 0. The molecule has 0 bridgehead atoms. The molecule has 0 aromatic carbocycles. The fourth-order valence-corrected chi connectivity index (χ4v) is 2.04. The van der Waals surface area contributed by atoms with Crippen LogP contribution in [-0.2, 0) is 9.47 Å². The van der Waals surface area contributed by atoms with Crippen LogP contribution >= 0.6 is 0 Å². The molecule has 2 heteroatoms. The fourth-order valence-electron chi connectivity index (χ4n) is 2.04. The first-order valence-corrected chi connectivity index (χ1v) is 7.87. The van der Waals surface area contributed by atoms with E-state index in [1.165, 1.54) is 57.8 Å². The molecule has 0 heterocycles. The Kier molecular flexibility index (Phi) is 14.9. The minimum Gasteiger partial charge on any atom is -0.353 e. The molecule has 0 aliphatic rings. The summed E-state index contributed by atoms with van der Waals surface area (Å²) in [6.45, 7) is 9.45. The Balaban J connectivity index is 2.98. The largest absolute Gasteiger partial charge is 0.353 e. The zero-order valence-electron chi connectivity index (χ0n) is 12.6. The molecule has 0 saturated carbocycles. The summed E-state index contributed by atoms with van der Waals surface area (Å²) < 4.78 is 10.6. The second-order valence-corrected chi connectivity index (χ2v) is 4.94. The standard InChI is InChI=1S/C16H33O2/c1-4-6-7-8-9-10-11-12-13-14-15-18-16(3)17-5-2/h16H,3-15H2,1-2H3. The molecule has 0 N–H and O–H groups in total. The van der Waals surface area contributed by atoms with E-state index in [4.69, 9.17) is 9.47 Å². The first kappa shape index (κ1) is 17.9. The Morgan fingerprint density at radius 2 is 1.22 bits per heavy atom. The highest BCUT2D eigenvalue weighted by Gasteiger charge is 1.99. The molecule has 0 saturated heterocycles. The van der Waals surface area contributed by atoms with Crippen LogP contribution < -0.4 is 0 Å². The predicted molar refractivity (Wildman–Crippen MR) is 78.6 cm³/mol. The first-order chi connectivity index (χ1) is 8.81. The molecule has 0 aromatic rings. The quantitative estimate of drug-likeness (QED) is 0.317. The topological polar surface area (TPSA) is 18.5 Å². The molecule has 0 spiro atoms. The van der Waals surface area contributed by atoms with E-state index in [1.807, 2.05) is 6.92 Å². The van der Waals surface area contributed by atoms with Gasteiger partial charge in [0.25, 0.3) is 0 Å². The van der Waals surface area contributed by atoms with Gasteiger partial charge in [0.15, 0.2) is 6.29 Å². The van der Waals surface area contributed by atoms with Gasteiger partial charge in [-0.2, -0.15) is 0 Å². The number of ether oxygens (including phenoxy) is 2. The minimum absolute atomic E-state index is 0.284. The van der Waals surface area contributed by atoms with E-state index in [1.54, 1.807) is 0 Å². The van der Waals surface area contributed by atoms with Gasteiger partial charge in [-0.1, -0.05) is 64.7 Å². The highest BCUT2D eigenvalue weighted by molar-refractivity contribution is 4.49. The Morgan fingerprint density at radius 1 is 0.722 bits per heavy atom. The summed E-state index contributed by atoms with van der Waals surface area (Å²) in [6.07, 6.45) is 13.3. The molecule has 109 valence electrons. The van der Waals surface area contributed by atoms with Gasteiger partial charge in [-0.3, -0.25) is 0 Å². The zero-order valence-corrected chi connectivity index (χ0v) is 12.6. The molecule has 18 heavy (non-hydrogen) atoms. The van der Waals surface area contributed by atoms with Crippen LogP contribution in [-0.4, -0.2) is 19.5 Å². The summed E-state index contributed by atoms with van der Waals surface area (Å²) in [7, 11) is 0. The van der Waals surface area contributed by atoms with E-state index in [-0.39, 0.29) is 6.29 Å². The van der Waals surface area contributed by atoms with Crippen LogP contribution in [0.3, 0.4) is 0 Å². The third-order valence-corrected chi connectivity index (χ3v) is 3.15. The van der Waals surface area contributed by atoms with Crippen molar-refractivity contribution in [3.63, 3.8) is 0 Å². The van der Waals surface area contributed by atoms with E-state index in [9.17, 15) is 0 Å². The second-order valence-electron chi connectivity index (χ2n) is 4.94. The Labute approximate surface area is 114 Å². The molecule has 0 aromatic heterocycles. The van der Waals surface area contributed by atoms with Crippen molar-refractivity contribution in [2.24, 2.45) is 0 Å². The number of hydrogen-bond acceptors (Lipinski definition) is 2. The van der Waals surface area contributed by atoms with Crippen LogP contribution in [0.5, 0.6) is 0 Å². The van der Waals surface area contributed by atoms with E-state index < -0.39 is 0 Å². The van der Waals surface area contributed by atoms with Crippen molar-refractivity contribution in [3.8, 4) is 0 Å². The second kappa shape index (κ2) is 15.0. The monoisotopic (exact) mass is 257 g/mol. The minimum atomic E-state index is -0.284. The van der Waals surface area contributed by atoms with Gasteiger partial charge in [-0.05, 0) is 13.3 Å². The normalized spacial score (nSPS) is 12.8. The van der Waals surface area contributed by atoms with Crippen LogP contribution in [0.2, 0.25) is 0 Å². The lowest BCUT2D eigenvalue weighted by Gasteiger charge is -2.12. The highest BCUT2D eigenvalue weighted by atomic mass is 16.7. The van der Waals surface area contributed by atoms with Gasteiger partial charge in [0.1, 0.15) is 0 Å². The van der Waals surface area contributed by atoms with Gasteiger partial charge in [-0.25, -0.2) is 0 Å². The van der Waals surface area contributed by atoms with E-state index in [0.717, 1.165) is 13.0 Å². The predicted octanol–water partition coefficient (Wildman–Crippen LogP) is 5.12. The summed E-state index contributed by atoms with van der Waals surface area (Å²) in [4.78, 5) is 0. The maximum absolute atomic E-state index is 5.42. The molecule has 0 rings (SSSR count). The number of unbranched alkanes of at least 4 members (excludes halogenated alkanes) is 9. The van der Waals surface area contributed by atoms with Crippen LogP contribution in [0.25, 0.3) is 0 Å². The summed E-state index contributed by atoms with van der Waals surface area (Å²) in [5, 5.41) is 0. The van der Waals surface area contributed by atoms with Crippen LogP contribution in [0, 0.1) is 6.92 Å². The highest BCUT2D eigenvalue weighted by Crippen LogP contribution is 2.10.